The molecule has 0 amide bonds. The van der Waals surface area contributed by atoms with Crippen molar-refractivity contribution in [1.82, 2.24) is 8.61 Å². The molecular weight excluding hydrogens is 456 g/mol. The fourth-order valence-corrected chi connectivity index (χ4v) is 6.55. The lowest BCUT2D eigenvalue weighted by molar-refractivity contribution is 0.0600. The zero-order valence-electron chi connectivity index (χ0n) is 18.1. The van der Waals surface area contributed by atoms with E-state index < -0.39 is 26.0 Å². The van der Waals surface area contributed by atoms with Crippen LogP contribution >= 0.6 is 0 Å². The van der Waals surface area contributed by atoms with Crippen LogP contribution in [0.2, 0.25) is 0 Å². The number of esters is 1. The van der Waals surface area contributed by atoms with Gasteiger partial charge in [0, 0.05) is 26.2 Å². The van der Waals surface area contributed by atoms with E-state index in [2.05, 4.69) is 4.74 Å². The van der Waals surface area contributed by atoms with E-state index in [-0.39, 0.29) is 41.5 Å². The molecule has 32 heavy (non-hydrogen) atoms. The minimum absolute atomic E-state index is 0.0246. The van der Waals surface area contributed by atoms with E-state index in [1.807, 2.05) is 6.92 Å². The van der Waals surface area contributed by atoms with Gasteiger partial charge in [-0.25, -0.2) is 21.6 Å². The van der Waals surface area contributed by atoms with Gasteiger partial charge in [0.2, 0.25) is 20.0 Å². The Labute approximate surface area is 188 Å². The molecule has 1 saturated heterocycles. The highest BCUT2D eigenvalue weighted by atomic mass is 32.2. The van der Waals surface area contributed by atoms with Crippen LogP contribution in [-0.4, -0.2) is 71.3 Å². The summed E-state index contributed by atoms with van der Waals surface area (Å²) in [5.74, 6) is 0.0288. The Morgan fingerprint density at radius 1 is 0.906 bits per heavy atom. The fourth-order valence-electron chi connectivity index (χ4n) is 3.50. The molecule has 0 saturated carbocycles. The Balaban J connectivity index is 1.74. The highest BCUT2D eigenvalue weighted by Gasteiger charge is 2.34. The standard InChI is InChI=1S/C21H26N2O7S2/c1-4-30-18-6-8-19(9-7-18)31(25,26)22-11-13-23(14-12-22)32(27,28)20-10-5-17(15-16(20)2)21(24)29-3/h5-10,15H,4,11-14H2,1-3H3. The summed E-state index contributed by atoms with van der Waals surface area (Å²) in [4.78, 5) is 11.9. The molecule has 2 aromatic rings. The van der Waals surface area contributed by atoms with E-state index in [0.29, 0.717) is 17.9 Å². The summed E-state index contributed by atoms with van der Waals surface area (Å²) in [6, 6.07) is 10.4. The maximum atomic E-state index is 13.1. The zero-order chi connectivity index (χ0) is 23.5. The van der Waals surface area contributed by atoms with Gasteiger partial charge >= 0.3 is 5.97 Å². The van der Waals surface area contributed by atoms with Gasteiger partial charge in [-0.3, -0.25) is 0 Å². The molecule has 9 nitrogen and oxygen atoms in total. The second-order valence-corrected chi connectivity index (χ2v) is 11.0. The molecule has 11 heteroatoms. The number of piperazine rings is 1. The average Bonchev–Trinajstić information content (AvgIpc) is 2.79. The van der Waals surface area contributed by atoms with Crippen LogP contribution in [0, 0.1) is 6.92 Å². The predicted molar refractivity (Wildman–Crippen MR) is 118 cm³/mol. The number of hydrogen-bond acceptors (Lipinski definition) is 7. The molecule has 0 N–H and O–H groups in total. The quantitative estimate of drug-likeness (QED) is 0.554. The van der Waals surface area contributed by atoms with Crippen molar-refractivity contribution in [2.75, 3.05) is 39.9 Å². The largest absolute Gasteiger partial charge is 0.494 e. The van der Waals surface area contributed by atoms with E-state index in [9.17, 15) is 21.6 Å². The number of nitrogens with zero attached hydrogens (tertiary/aromatic N) is 2. The number of ether oxygens (including phenoxy) is 2. The van der Waals surface area contributed by atoms with Gasteiger partial charge in [0.05, 0.1) is 29.1 Å². The minimum Gasteiger partial charge on any atom is -0.494 e. The Bertz CT molecular complexity index is 1190. The molecule has 2 aromatic carbocycles. The highest BCUT2D eigenvalue weighted by molar-refractivity contribution is 7.89. The number of aryl methyl sites for hydroxylation is 1. The van der Waals surface area contributed by atoms with Gasteiger partial charge in [0.1, 0.15) is 5.75 Å². The first-order valence-electron chi connectivity index (χ1n) is 10.0. The number of carbonyl (C=O) groups is 1. The van der Waals surface area contributed by atoms with Crippen LogP contribution in [0.4, 0.5) is 0 Å². The van der Waals surface area contributed by atoms with Crippen molar-refractivity contribution < 1.29 is 31.1 Å². The number of sulfonamides is 2. The van der Waals surface area contributed by atoms with Gasteiger partial charge in [-0.15, -0.1) is 0 Å². The minimum atomic E-state index is -3.84. The van der Waals surface area contributed by atoms with E-state index in [0.717, 1.165) is 0 Å². The van der Waals surface area contributed by atoms with Gasteiger partial charge in [-0.2, -0.15) is 8.61 Å². The molecule has 1 heterocycles. The summed E-state index contributed by atoms with van der Waals surface area (Å²) in [5.41, 5.74) is 0.674. The molecule has 1 aliphatic heterocycles. The van der Waals surface area contributed by atoms with E-state index >= 15 is 0 Å². The van der Waals surface area contributed by atoms with Crippen LogP contribution in [0.1, 0.15) is 22.8 Å². The van der Waals surface area contributed by atoms with Crippen molar-refractivity contribution in [1.29, 1.82) is 0 Å². The van der Waals surface area contributed by atoms with Gasteiger partial charge in [-0.05, 0) is 61.9 Å². The van der Waals surface area contributed by atoms with Crippen molar-refractivity contribution in [2.45, 2.75) is 23.6 Å². The molecule has 0 aromatic heterocycles. The first-order valence-corrected chi connectivity index (χ1v) is 12.9. The molecule has 0 radical (unpaired) electrons. The Kier molecular flexibility index (Phi) is 7.23. The van der Waals surface area contributed by atoms with Gasteiger partial charge in [-0.1, -0.05) is 0 Å². The monoisotopic (exact) mass is 482 g/mol. The van der Waals surface area contributed by atoms with Crippen LogP contribution in [0.5, 0.6) is 5.75 Å². The summed E-state index contributed by atoms with van der Waals surface area (Å²) in [7, 11) is -6.34. The number of benzene rings is 2. The third-order valence-electron chi connectivity index (χ3n) is 5.18. The SMILES string of the molecule is CCOc1ccc(S(=O)(=O)N2CCN(S(=O)(=O)c3ccc(C(=O)OC)cc3C)CC2)cc1. The third-order valence-corrected chi connectivity index (χ3v) is 9.16. The van der Waals surface area contributed by atoms with Crippen LogP contribution in [0.15, 0.2) is 52.3 Å². The molecule has 0 bridgehead atoms. The molecule has 1 aliphatic rings. The Morgan fingerprint density at radius 2 is 1.47 bits per heavy atom. The summed E-state index contributed by atoms with van der Waals surface area (Å²) in [5, 5.41) is 0. The summed E-state index contributed by atoms with van der Waals surface area (Å²) < 4.78 is 64.7. The van der Waals surface area contributed by atoms with Gasteiger partial charge in [0.25, 0.3) is 0 Å². The normalized spacial score (nSPS) is 16.0. The van der Waals surface area contributed by atoms with E-state index in [4.69, 9.17) is 4.74 Å². The lowest BCUT2D eigenvalue weighted by Gasteiger charge is -2.33. The summed E-state index contributed by atoms with van der Waals surface area (Å²) in [6.45, 7) is 4.04. The van der Waals surface area contributed by atoms with Crippen molar-refractivity contribution in [3.63, 3.8) is 0 Å². The zero-order valence-corrected chi connectivity index (χ0v) is 19.8. The third kappa shape index (κ3) is 4.80. The maximum absolute atomic E-state index is 13.1. The summed E-state index contributed by atoms with van der Waals surface area (Å²) >= 11 is 0. The Hall–Kier alpha value is -2.47. The molecular formula is C21H26N2O7S2. The molecule has 0 unspecified atom stereocenters. The van der Waals surface area contributed by atoms with Crippen LogP contribution in [0.3, 0.4) is 0 Å². The number of methoxy groups -OCH3 is 1. The summed E-state index contributed by atoms with van der Waals surface area (Å²) in [6.07, 6.45) is 0. The van der Waals surface area contributed by atoms with Gasteiger partial charge < -0.3 is 9.47 Å². The molecule has 0 spiro atoms. The van der Waals surface area contributed by atoms with E-state index in [1.165, 1.54) is 46.1 Å². The smallest absolute Gasteiger partial charge is 0.337 e. The second-order valence-electron chi connectivity index (χ2n) is 7.18. The average molecular weight is 483 g/mol. The number of hydrogen-bond donors (Lipinski definition) is 0. The second kappa shape index (κ2) is 9.57. The van der Waals surface area contributed by atoms with Crippen LogP contribution < -0.4 is 4.74 Å². The van der Waals surface area contributed by atoms with Gasteiger partial charge in [0.15, 0.2) is 0 Å². The molecule has 3 rings (SSSR count). The first-order chi connectivity index (χ1) is 15.1. The molecule has 0 atom stereocenters. The highest BCUT2D eigenvalue weighted by Crippen LogP contribution is 2.25. The topological polar surface area (TPSA) is 110 Å². The lowest BCUT2D eigenvalue weighted by atomic mass is 10.1. The lowest BCUT2D eigenvalue weighted by Crippen LogP contribution is -2.50. The van der Waals surface area contributed by atoms with E-state index in [1.54, 1.807) is 19.1 Å². The van der Waals surface area contributed by atoms with Crippen molar-refractivity contribution in [3.8, 4) is 5.75 Å². The predicted octanol–water partition coefficient (Wildman–Crippen LogP) is 1.88. The van der Waals surface area contributed by atoms with Crippen molar-refractivity contribution in [3.05, 3.63) is 53.6 Å². The molecule has 1 fully saturated rings. The van der Waals surface area contributed by atoms with Crippen LogP contribution in [-0.2, 0) is 24.8 Å². The van der Waals surface area contributed by atoms with Crippen LogP contribution in [0.25, 0.3) is 0 Å². The molecule has 0 aliphatic carbocycles. The van der Waals surface area contributed by atoms with Crippen molar-refractivity contribution in [2.24, 2.45) is 0 Å². The fraction of sp³-hybridized carbons (Fsp3) is 0.381. The Morgan fingerprint density at radius 3 is 1.97 bits per heavy atom. The van der Waals surface area contributed by atoms with Crippen molar-refractivity contribution >= 4 is 26.0 Å². The maximum Gasteiger partial charge on any atom is 0.337 e. The first kappa shape index (κ1) is 24.2. The number of rotatable bonds is 7. The number of carbonyl (C=O) groups excluding carboxylic acids is 1. The molecule has 174 valence electrons.